The Labute approximate surface area is 129 Å². The van der Waals surface area contributed by atoms with Gasteiger partial charge in [-0.1, -0.05) is 37.3 Å². The Balaban J connectivity index is 2.16. The predicted octanol–water partition coefficient (Wildman–Crippen LogP) is 4.02. The van der Waals surface area contributed by atoms with Crippen LogP contribution in [0.15, 0.2) is 34.8 Å². The maximum absolute atomic E-state index is 4.65. The lowest BCUT2D eigenvalue weighted by atomic mass is 10.1. The fraction of sp³-hybridized carbons (Fsp3) is 0.375. The van der Waals surface area contributed by atoms with Crippen molar-refractivity contribution in [3.8, 4) is 0 Å². The highest BCUT2D eigenvalue weighted by Crippen LogP contribution is 2.24. The van der Waals surface area contributed by atoms with Gasteiger partial charge in [0.2, 0.25) is 0 Å². The third kappa shape index (κ3) is 3.79. The molecule has 0 saturated carbocycles. The first kappa shape index (κ1) is 15.0. The van der Waals surface area contributed by atoms with E-state index in [0.717, 1.165) is 47.6 Å². The molecule has 0 unspecified atom stereocenters. The topological polar surface area (TPSA) is 37.8 Å². The maximum atomic E-state index is 4.65. The molecular weight excluding hydrogens is 314 g/mol. The standard InChI is InChI=1S/C16H20BrN3/c1-3-13-15(17)16(18-4-2)20-14(19-13)11-10-12-8-6-5-7-9-12/h5-9H,3-4,10-11H2,1-2H3,(H,18,19,20). The number of halogens is 1. The van der Waals surface area contributed by atoms with Gasteiger partial charge in [0.05, 0.1) is 10.2 Å². The molecule has 4 heteroatoms. The lowest BCUT2D eigenvalue weighted by Gasteiger charge is -2.11. The van der Waals surface area contributed by atoms with Gasteiger partial charge in [0.1, 0.15) is 11.6 Å². The number of hydrogen-bond donors (Lipinski definition) is 1. The molecule has 1 aromatic carbocycles. The quantitative estimate of drug-likeness (QED) is 0.867. The summed E-state index contributed by atoms with van der Waals surface area (Å²) >= 11 is 3.59. The van der Waals surface area contributed by atoms with E-state index in [9.17, 15) is 0 Å². The van der Waals surface area contributed by atoms with Crippen LogP contribution in [0, 0.1) is 0 Å². The van der Waals surface area contributed by atoms with Crippen LogP contribution in [0.2, 0.25) is 0 Å². The number of aromatic nitrogens is 2. The number of rotatable bonds is 6. The van der Waals surface area contributed by atoms with E-state index in [0.29, 0.717) is 0 Å². The lowest BCUT2D eigenvalue weighted by molar-refractivity contribution is 0.827. The van der Waals surface area contributed by atoms with E-state index in [4.69, 9.17) is 0 Å². The minimum absolute atomic E-state index is 0.858. The van der Waals surface area contributed by atoms with Crippen molar-refractivity contribution in [2.45, 2.75) is 33.1 Å². The molecule has 3 nitrogen and oxygen atoms in total. The van der Waals surface area contributed by atoms with Crippen LogP contribution in [0.25, 0.3) is 0 Å². The molecule has 0 atom stereocenters. The summed E-state index contributed by atoms with van der Waals surface area (Å²) in [5, 5.41) is 3.29. The van der Waals surface area contributed by atoms with Crippen molar-refractivity contribution in [2.75, 3.05) is 11.9 Å². The summed E-state index contributed by atoms with van der Waals surface area (Å²) < 4.78 is 0.991. The van der Waals surface area contributed by atoms with Crippen LogP contribution in [-0.4, -0.2) is 16.5 Å². The molecule has 0 amide bonds. The lowest BCUT2D eigenvalue weighted by Crippen LogP contribution is -2.08. The van der Waals surface area contributed by atoms with E-state index in [2.05, 4.69) is 69.3 Å². The number of hydrogen-bond acceptors (Lipinski definition) is 3. The molecule has 0 bridgehead atoms. The molecule has 0 spiro atoms. The van der Waals surface area contributed by atoms with Crippen molar-refractivity contribution in [1.29, 1.82) is 0 Å². The molecule has 0 fully saturated rings. The molecule has 2 aromatic rings. The Morgan fingerprint density at radius 1 is 1.05 bits per heavy atom. The van der Waals surface area contributed by atoms with Crippen LogP contribution in [-0.2, 0) is 19.3 Å². The van der Waals surface area contributed by atoms with Gasteiger partial charge in [-0.15, -0.1) is 0 Å². The summed E-state index contributed by atoms with van der Waals surface area (Å²) in [6.45, 7) is 5.05. The summed E-state index contributed by atoms with van der Waals surface area (Å²) in [7, 11) is 0. The van der Waals surface area contributed by atoms with E-state index in [1.54, 1.807) is 0 Å². The van der Waals surface area contributed by atoms with Crippen LogP contribution in [0.4, 0.5) is 5.82 Å². The Kier molecular flexibility index (Phi) is 5.53. The Bertz CT molecular complexity index is 555. The monoisotopic (exact) mass is 333 g/mol. The third-order valence-corrected chi connectivity index (χ3v) is 3.96. The van der Waals surface area contributed by atoms with Crippen LogP contribution in [0.1, 0.15) is 30.9 Å². The maximum Gasteiger partial charge on any atom is 0.144 e. The average molecular weight is 334 g/mol. The molecule has 1 heterocycles. The van der Waals surface area contributed by atoms with Crippen LogP contribution in [0.5, 0.6) is 0 Å². The predicted molar refractivity (Wildman–Crippen MR) is 87.1 cm³/mol. The van der Waals surface area contributed by atoms with Crippen molar-refractivity contribution >= 4 is 21.7 Å². The molecule has 0 aliphatic rings. The van der Waals surface area contributed by atoms with Crippen molar-refractivity contribution in [3.63, 3.8) is 0 Å². The molecule has 1 N–H and O–H groups in total. The van der Waals surface area contributed by atoms with Gasteiger partial charge in [0.15, 0.2) is 0 Å². The van der Waals surface area contributed by atoms with E-state index in [1.807, 2.05) is 6.07 Å². The molecule has 2 rings (SSSR count). The van der Waals surface area contributed by atoms with Crippen molar-refractivity contribution in [2.24, 2.45) is 0 Å². The van der Waals surface area contributed by atoms with Gasteiger partial charge in [0.25, 0.3) is 0 Å². The fourth-order valence-corrected chi connectivity index (χ4v) is 2.67. The second-order valence-electron chi connectivity index (χ2n) is 4.62. The van der Waals surface area contributed by atoms with Gasteiger partial charge >= 0.3 is 0 Å². The van der Waals surface area contributed by atoms with E-state index >= 15 is 0 Å². The number of nitrogens with zero attached hydrogens (tertiary/aromatic N) is 2. The first-order valence-electron chi connectivity index (χ1n) is 7.07. The van der Waals surface area contributed by atoms with Crippen LogP contribution in [0.3, 0.4) is 0 Å². The summed E-state index contributed by atoms with van der Waals surface area (Å²) in [6, 6.07) is 10.5. The molecule has 0 saturated heterocycles. The van der Waals surface area contributed by atoms with Crippen LogP contribution < -0.4 is 5.32 Å². The Hall–Kier alpha value is -1.42. The average Bonchev–Trinajstić information content (AvgIpc) is 2.49. The van der Waals surface area contributed by atoms with Gasteiger partial charge in [0, 0.05) is 13.0 Å². The van der Waals surface area contributed by atoms with Gasteiger partial charge in [-0.2, -0.15) is 0 Å². The zero-order valence-electron chi connectivity index (χ0n) is 12.0. The molecule has 0 aliphatic carbocycles. The summed E-state index contributed by atoms with van der Waals surface area (Å²) in [5.41, 5.74) is 2.39. The highest BCUT2D eigenvalue weighted by molar-refractivity contribution is 9.10. The van der Waals surface area contributed by atoms with Gasteiger partial charge < -0.3 is 5.32 Å². The minimum atomic E-state index is 0.858. The minimum Gasteiger partial charge on any atom is -0.369 e. The highest BCUT2D eigenvalue weighted by Gasteiger charge is 2.10. The van der Waals surface area contributed by atoms with E-state index in [1.165, 1.54) is 5.56 Å². The number of aryl methyl sites for hydroxylation is 3. The second-order valence-corrected chi connectivity index (χ2v) is 5.41. The van der Waals surface area contributed by atoms with Gasteiger partial charge in [-0.3, -0.25) is 0 Å². The Morgan fingerprint density at radius 2 is 1.80 bits per heavy atom. The van der Waals surface area contributed by atoms with Crippen LogP contribution >= 0.6 is 15.9 Å². The normalized spacial score (nSPS) is 10.6. The smallest absolute Gasteiger partial charge is 0.144 e. The Morgan fingerprint density at radius 3 is 2.45 bits per heavy atom. The summed E-state index contributed by atoms with van der Waals surface area (Å²) in [5.74, 6) is 1.81. The van der Waals surface area contributed by atoms with E-state index < -0.39 is 0 Å². The second kappa shape index (κ2) is 7.39. The molecule has 0 radical (unpaired) electrons. The zero-order valence-corrected chi connectivity index (χ0v) is 13.6. The fourth-order valence-electron chi connectivity index (χ4n) is 2.08. The van der Waals surface area contributed by atoms with Gasteiger partial charge in [-0.25, -0.2) is 9.97 Å². The van der Waals surface area contributed by atoms with E-state index in [-0.39, 0.29) is 0 Å². The highest BCUT2D eigenvalue weighted by atomic mass is 79.9. The summed E-state index contributed by atoms with van der Waals surface area (Å²) in [4.78, 5) is 9.27. The summed E-state index contributed by atoms with van der Waals surface area (Å²) in [6.07, 6.45) is 2.74. The van der Waals surface area contributed by atoms with Crippen molar-refractivity contribution < 1.29 is 0 Å². The molecule has 1 aromatic heterocycles. The largest absolute Gasteiger partial charge is 0.369 e. The molecular formula is C16H20BrN3. The van der Waals surface area contributed by atoms with Gasteiger partial charge in [-0.05, 0) is 41.3 Å². The van der Waals surface area contributed by atoms with Crippen molar-refractivity contribution in [3.05, 3.63) is 51.9 Å². The van der Waals surface area contributed by atoms with Crippen molar-refractivity contribution in [1.82, 2.24) is 9.97 Å². The SMILES string of the molecule is CCNc1nc(CCc2ccccc2)nc(CC)c1Br. The number of nitrogens with one attached hydrogen (secondary N) is 1. The third-order valence-electron chi connectivity index (χ3n) is 3.13. The molecule has 0 aliphatic heterocycles. The first-order chi connectivity index (χ1) is 9.74. The first-order valence-corrected chi connectivity index (χ1v) is 7.87. The molecule has 20 heavy (non-hydrogen) atoms. The number of anilines is 1. The molecule has 106 valence electrons. The number of benzene rings is 1. The zero-order chi connectivity index (χ0) is 14.4.